The predicted molar refractivity (Wildman–Crippen MR) is 118 cm³/mol. The Bertz CT molecular complexity index is 1400. The molecular formula is C23H16F3N4O3S-. The number of nitrogens with zero attached hydrogens (tertiary/aromatic N) is 3. The minimum atomic E-state index is -2.50. The van der Waals surface area contributed by atoms with Crippen molar-refractivity contribution in [2.75, 3.05) is 6.54 Å². The van der Waals surface area contributed by atoms with Gasteiger partial charge in [0.2, 0.25) is 0 Å². The van der Waals surface area contributed by atoms with Crippen molar-refractivity contribution in [2.24, 2.45) is 0 Å². The van der Waals surface area contributed by atoms with E-state index in [1.807, 2.05) is 0 Å². The minimum Gasteiger partial charge on any atom is -0.760 e. The van der Waals surface area contributed by atoms with Gasteiger partial charge in [-0.1, -0.05) is 0 Å². The molecule has 1 unspecified atom stereocenters. The maximum absolute atomic E-state index is 15.0. The zero-order valence-electron chi connectivity index (χ0n) is 17.4. The largest absolute Gasteiger partial charge is 0.760 e. The first-order chi connectivity index (χ1) is 16.3. The summed E-state index contributed by atoms with van der Waals surface area (Å²) in [5, 5.41) is 0. The Kier molecular flexibility index (Phi) is 7.06. The number of carbonyl (C=O) groups excluding carboxylic acids is 1. The number of ketones is 1. The molecule has 34 heavy (non-hydrogen) atoms. The number of hydrogen-bond acceptors (Lipinski definition) is 6. The van der Waals surface area contributed by atoms with Crippen LogP contribution in [0.2, 0.25) is 0 Å². The summed E-state index contributed by atoms with van der Waals surface area (Å²) in [5.74, 6) is -5.21. The second-order valence-corrected chi connectivity index (χ2v) is 8.03. The summed E-state index contributed by atoms with van der Waals surface area (Å²) in [6.07, 6.45) is 4.74. The van der Waals surface area contributed by atoms with Gasteiger partial charge in [-0.2, -0.15) is 0 Å². The van der Waals surface area contributed by atoms with Crippen LogP contribution in [0, 0.1) is 17.5 Å². The van der Waals surface area contributed by atoms with Crippen LogP contribution in [0.25, 0.3) is 22.3 Å². The highest BCUT2D eigenvalue weighted by Gasteiger charge is 2.25. The fourth-order valence-electron chi connectivity index (χ4n) is 3.43. The number of pyridine rings is 1. The van der Waals surface area contributed by atoms with E-state index in [0.717, 1.165) is 5.56 Å². The smallest absolute Gasteiger partial charge is 0.199 e. The average Bonchev–Trinajstić information content (AvgIpc) is 2.84. The minimum absolute atomic E-state index is 0.0268. The van der Waals surface area contributed by atoms with Crippen LogP contribution < -0.4 is 4.72 Å². The summed E-state index contributed by atoms with van der Waals surface area (Å²) < 4.78 is 66.9. The Morgan fingerprint density at radius 1 is 1.03 bits per heavy atom. The van der Waals surface area contributed by atoms with E-state index < -0.39 is 40.1 Å². The van der Waals surface area contributed by atoms with Crippen LogP contribution in [0.3, 0.4) is 0 Å². The molecule has 0 aliphatic heterocycles. The number of aromatic nitrogens is 3. The molecule has 1 N–H and O–H groups in total. The fraction of sp³-hybridized carbons (Fsp3) is 0.130. The van der Waals surface area contributed by atoms with Crippen LogP contribution in [0.1, 0.15) is 27.9 Å². The van der Waals surface area contributed by atoms with Gasteiger partial charge in [0.25, 0.3) is 0 Å². The molecule has 0 aliphatic rings. The third kappa shape index (κ3) is 5.01. The van der Waals surface area contributed by atoms with Crippen molar-refractivity contribution in [2.45, 2.75) is 12.8 Å². The van der Waals surface area contributed by atoms with E-state index in [-0.39, 0.29) is 30.5 Å². The first-order valence-corrected chi connectivity index (χ1v) is 11.1. The zero-order valence-corrected chi connectivity index (χ0v) is 18.2. The Morgan fingerprint density at radius 3 is 2.53 bits per heavy atom. The van der Waals surface area contributed by atoms with Gasteiger partial charge in [-0.15, -0.1) is 0 Å². The van der Waals surface area contributed by atoms with Crippen LogP contribution in [0.4, 0.5) is 13.2 Å². The molecule has 2 aromatic heterocycles. The highest BCUT2D eigenvalue weighted by Crippen LogP contribution is 2.26. The van der Waals surface area contributed by atoms with Crippen LogP contribution >= 0.6 is 0 Å². The van der Waals surface area contributed by atoms with E-state index in [9.17, 15) is 22.3 Å². The lowest BCUT2D eigenvalue weighted by molar-refractivity contribution is 0.102. The molecule has 0 radical (unpaired) electrons. The first kappa shape index (κ1) is 23.6. The van der Waals surface area contributed by atoms with Crippen molar-refractivity contribution >= 4 is 28.1 Å². The van der Waals surface area contributed by atoms with Gasteiger partial charge in [0.05, 0.1) is 28.5 Å². The molecule has 0 aliphatic carbocycles. The fourth-order valence-corrected chi connectivity index (χ4v) is 3.74. The summed E-state index contributed by atoms with van der Waals surface area (Å²) in [7, 11) is 0. The quantitative estimate of drug-likeness (QED) is 0.177. The Morgan fingerprint density at radius 2 is 1.79 bits per heavy atom. The number of fused-ring (bicyclic) bond motifs is 1. The molecule has 0 amide bonds. The van der Waals surface area contributed by atoms with Gasteiger partial charge >= 0.3 is 0 Å². The first-order valence-electron chi connectivity index (χ1n) is 10.1. The van der Waals surface area contributed by atoms with E-state index in [1.165, 1.54) is 18.2 Å². The van der Waals surface area contributed by atoms with Gasteiger partial charge in [0, 0.05) is 41.3 Å². The lowest BCUT2D eigenvalue weighted by atomic mass is 9.97. The van der Waals surface area contributed by atoms with Crippen molar-refractivity contribution in [3.8, 4) is 11.3 Å². The Labute approximate surface area is 194 Å². The molecule has 7 nitrogen and oxygen atoms in total. The topological polar surface area (TPSA) is 108 Å². The predicted octanol–water partition coefficient (Wildman–Crippen LogP) is 3.66. The van der Waals surface area contributed by atoms with E-state index in [4.69, 9.17) is 0 Å². The Hall–Kier alpha value is -3.54. The molecule has 4 aromatic rings. The van der Waals surface area contributed by atoms with E-state index in [2.05, 4.69) is 19.7 Å². The van der Waals surface area contributed by atoms with Crippen LogP contribution in [-0.2, 0) is 17.7 Å². The molecule has 11 heteroatoms. The molecule has 0 spiro atoms. The second-order valence-electron chi connectivity index (χ2n) is 7.28. The van der Waals surface area contributed by atoms with Crippen LogP contribution in [-0.4, -0.2) is 36.0 Å². The number of benzene rings is 2. The summed E-state index contributed by atoms with van der Waals surface area (Å²) in [4.78, 5) is 25.7. The van der Waals surface area contributed by atoms with E-state index >= 15 is 4.39 Å². The molecule has 4 rings (SSSR count). The van der Waals surface area contributed by atoms with Crippen molar-refractivity contribution in [1.29, 1.82) is 0 Å². The highest BCUT2D eigenvalue weighted by molar-refractivity contribution is 7.77. The van der Waals surface area contributed by atoms with Gasteiger partial charge < -0.3 is 4.55 Å². The molecule has 1 atom stereocenters. The summed E-state index contributed by atoms with van der Waals surface area (Å²) in [6, 6.07) is 8.29. The van der Waals surface area contributed by atoms with Crippen LogP contribution in [0.5, 0.6) is 0 Å². The summed E-state index contributed by atoms with van der Waals surface area (Å²) in [6.45, 7) is -0.0268. The number of hydrogen-bond donors (Lipinski definition) is 1. The third-order valence-corrected chi connectivity index (χ3v) is 5.52. The molecular weight excluding hydrogens is 469 g/mol. The maximum atomic E-state index is 15.0. The van der Waals surface area contributed by atoms with Gasteiger partial charge in [0.1, 0.15) is 5.82 Å². The van der Waals surface area contributed by atoms with Crippen molar-refractivity contribution in [3.05, 3.63) is 89.1 Å². The lowest BCUT2D eigenvalue weighted by Gasteiger charge is -2.12. The van der Waals surface area contributed by atoms with Gasteiger partial charge in [0.15, 0.2) is 17.4 Å². The Balaban J connectivity index is 1.68. The van der Waals surface area contributed by atoms with Crippen molar-refractivity contribution in [1.82, 2.24) is 19.7 Å². The maximum Gasteiger partial charge on any atom is 0.199 e. The third-order valence-electron chi connectivity index (χ3n) is 5.08. The van der Waals surface area contributed by atoms with Gasteiger partial charge in [-0.3, -0.25) is 19.0 Å². The zero-order chi connectivity index (χ0) is 24.2. The average molecular weight is 485 g/mol. The molecule has 0 saturated heterocycles. The molecule has 0 bridgehead atoms. The molecule has 0 saturated carbocycles. The number of rotatable bonds is 8. The van der Waals surface area contributed by atoms with Gasteiger partial charge in [-0.25, -0.2) is 22.9 Å². The number of halogens is 3. The summed E-state index contributed by atoms with van der Waals surface area (Å²) in [5.41, 5.74) is 0.675. The van der Waals surface area contributed by atoms with Crippen molar-refractivity contribution < 1.29 is 26.7 Å². The monoisotopic (exact) mass is 485 g/mol. The second kappa shape index (κ2) is 10.2. The van der Waals surface area contributed by atoms with Gasteiger partial charge in [-0.05, 0) is 54.8 Å². The standard InChI is InChI=1S/C23H17F3N4O3S/c24-16-10-14(2-1-7-29-34(32)33)21(25)20(22(16)26)23(31)15-3-4-17-18(11-15)30-19(12-28-17)13-5-8-27-9-6-13/h3-6,8-12,29H,1-2,7H2,(H,32,33)/p-1. The van der Waals surface area contributed by atoms with Crippen molar-refractivity contribution in [3.63, 3.8) is 0 Å². The molecule has 2 aromatic carbocycles. The van der Waals surface area contributed by atoms with E-state index in [1.54, 1.807) is 30.7 Å². The molecule has 0 fully saturated rings. The van der Waals surface area contributed by atoms with E-state index in [0.29, 0.717) is 22.8 Å². The van der Waals surface area contributed by atoms with Crippen LogP contribution in [0.15, 0.2) is 55.0 Å². The normalized spacial score (nSPS) is 12.1. The number of aryl methyl sites for hydroxylation is 1. The number of carbonyl (C=O) groups is 1. The summed E-state index contributed by atoms with van der Waals surface area (Å²) >= 11 is -2.50. The SMILES string of the molecule is O=C(c1ccc2ncc(-c3ccncc3)nc2c1)c1c(F)c(F)cc(CCCNS(=O)[O-])c1F. The lowest BCUT2D eigenvalue weighted by Crippen LogP contribution is -2.18. The molecule has 2 heterocycles. The highest BCUT2D eigenvalue weighted by atomic mass is 32.2. The molecule has 174 valence electrons. The number of nitrogens with one attached hydrogen (secondary N) is 1.